The fraction of sp³-hybridized carbons (Fsp3) is 0. The van der Waals surface area contributed by atoms with Crippen LogP contribution in [0.1, 0.15) is 0 Å². The molecule has 0 saturated heterocycles. The van der Waals surface area contributed by atoms with E-state index in [1.54, 1.807) is 0 Å². The zero-order valence-corrected chi connectivity index (χ0v) is 32.2. The first-order chi connectivity index (χ1) is 29.3. The molecule has 2 heteroatoms. The molecule has 0 unspecified atom stereocenters. The minimum atomic E-state index is 1.01. The normalized spacial score (nSPS) is 11.7. The van der Waals surface area contributed by atoms with Crippen LogP contribution in [-0.2, 0) is 0 Å². The molecule has 10 aromatic carbocycles. The van der Waals surface area contributed by atoms with Crippen molar-refractivity contribution in [1.29, 1.82) is 0 Å². The number of aromatic nitrogens is 2. The van der Waals surface area contributed by atoms with Crippen LogP contribution in [0, 0.1) is 0 Å². The van der Waals surface area contributed by atoms with Crippen molar-refractivity contribution in [1.82, 2.24) is 9.55 Å². The van der Waals surface area contributed by atoms with Gasteiger partial charge < -0.3 is 4.57 Å². The summed E-state index contributed by atoms with van der Waals surface area (Å²) in [6, 6.07) is 77.8. The molecule has 274 valence electrons. The molecule has 0 aliphatic carbocycles. The van der Waals surface area contributed by atoms with E-state index in [1.807, 2.05) is 12.3 Å². The average Bonchev–Trinajstić information content (AvgIpc) is 3.64. The molecule has 0 N–H and O–H groups in total. The number of hydrogen-bond donors (Lipinski definition) is 0. The molecular weight excluding hydrogens is 713 g/mol. The Labute approximate surface area is 341 Å². The minimum absolute atomic E-state index is 1.01. The number of rotatable bonds is 5. The van der Waals surface area contributed by atoms with Crippen molar-refractivity contribution in [3.63, 3.8) is 0 Å². The first-order valence-corrected chi connectivity index (χ1v) is 20.3. The van der Waals surface area contributed by atoms with Gasteiger partial charge in [-0.2, -0.15) is 0 Å². The van der Waals surface area contributed by atoms with Crippen LogP contribution >= 0.6 is 0 Å². The molecule has 0 fully saturated rings. The van der Waals surface area contributed by atoms with Crippen molar-refractivity contribution in [3.05, 3.63) is 219 Å². The number of benzene rings is 10. The third kappa shape index (κ3) is 5.31. The molecule has 2 heterocycles. The molecule has 12 rings (SSSR count). The van der Waals surface area contributed by atoms with E-state index in [4.69, 9.17) is 4.98 Å². The number of pyridine rings is 1. The zero-order valence-electron chi connectivity index (χ0n) is 32.2. The van der Waals surface area contributed by atoms with E-state index in [1.165, 1.54) is 87.6 Å². The van der Waals surface area contributed by atoms with Gasteiger partial charge in [0.25, 0.3) is 0 Å². The molecule has 12 aromatic rings. The quantitative estimate of drug-likeness (QED) is 0.160. The van der Waals surface area contributed by atoms with Crippen LogP contribution in [0.4, 0.5) is 0 Å². The number of fused-ring (bicyclic) bond motifs is 7. The second-order valence-corrected chi connectivity index (χ2v) is 15.5. The van der Waals surface area contributed by atoms with E-state index in [0.29, 0.717) is 0 Å². The van der Waals surface area contributed by atoms with Gasteiger partial charge >= 0.3 is 0 Å². The molecule has 0 bridgehead atoms. The topological polar surface area (TPSA) is 17.8 Å². The Morgan fingerprint density at radius 1 is 0.305 bits per heavy atom. The Bertz CT molecular complexity index is 3570. The van der Waals surface area contributed by atoms with Gasteiger partial charge in [0.05, 0.1) is 22.2 Å². The average molecular weight is 749 g/mol. The Morgan fingerprint density at radius 2 is 0.814 bits per heavy atom. The van der Waals surface area contributed by atoms with E-state index in [-0.39, 0.29) is 0 Å². The summed E-state index contributed by atoms with van der Waals surface area (Å²) in [4.78, 5) is 4.85. The van der Waals surface area contributed by atoms with E-state index in [9.17, 15) is 0 Å². The summed E-state index contributed by atoms with van der Waals surface area (Å²) in [5.41, 5.74) is 14.0. The van der Waals surface area contributed by atoms with Crippen molar-refractivity contribution in [2.45, 2.75) is 0 Å². The standard InChI is InChI=1S/C57H36N2/c1-3-16-39-34-42(29-27-37(39)14-1)55-47-21-7-8-22-48(47)56(43-30-28-38-15-2-4-17-40(38)35-43)51-36-41(31-32-49(51)55)44-18-5-6-19-45(44)46-20-9-11-24-52(46)59-53-25-12-10-23-50(53)57-54(59)26-13-33-58-57/h1-36H. The first-order valence-electron chi connectivity index (χ1n) is 20.3. The van der Waals surface area contributed by atoms with Crippen LogP contribution in [0.25, 0.3) is 115 Å². The van der Waals surface area contributed by atoms with Crippen LogP contribution in [0.2, 0.25) is 0 Å². The van der Waals surface area contributed by atoms with Gasteiger partial charge in [0, 0.05) is 17.1 Å². The fourth-order valence-electron chi connectivity index (χ4n) is 9.57. The predicted molar refractivity (Wildman–Crippen MR) is 250 cm³/mol. The maximum Gasteiger partial charge on any atom is 0.0963 e. The molecule has 0 aliphatic rings. The fourth-order valence-corrected chi connectivity index (χ4v) is 9.57. The number of para-hydroxylation sites is 2. The third-order valence-corrected chi connectivity index (χ3v) is 12.2. The monoisotopic (exact) mass is 748 g/mol. The van der Waals surface area contributed by atoms with Gasteiger partial charge in [-0.05, 0) is 124 Å². The van der Waals surface area contributed by atoms with E-state index >= 15 is 0 Å². The molecule has 0 aliphatic heterocycles. The molecule has 0 atom stereocenters. The SMILES string of the molecule is c1ccc(-c2ccccc2-n2c3ccccc3c3ncccc32)c(-c2ccc3c(-c4ccc5ccccc5c4)c4ccccc4c(-c4ccc5ccccc5c4)c3c2)c1. The van der Waals surface area contributed by atoms with E-state index in [2.05, 4.69) is 211 Å². The summed E-state index contributed by atoms with van der Waals surface area (Å²) in [6.07, 6.45) is 1.89. The van der Waals surface area contributed by atoms with Gasteiger partial charge in [-0.25, -0.2) is 0 Å². The highest BCUT2D eigenvalue weighted by molar-refractivity contribution is 6.23. The molecule has 0 radical (unpaired) electrons. The van der Waals surface area contributed by atoms with Gasteiger partial charge in [0.15, 0.2) is 0 Å². The van der Waals surface area contributed by atoms with Gasteiger partial charge in [0.2, 0.25) is 0 Å². The lowest BCUT2D eigenvalue weighted by Gasteiger charge is -2.20. The Morgan fingerprint density at radius 3 is 1.53 bits per heavy atom. The highest BCUT2D eigenvalue weighted by Gasteiger charge is 2.21. The third-order valence-electron chi connectivity index (χ3n) is 12.2. The van der Waals surface area contributed by atoms with Crippen LogP contribution in [0.15, 0.2) is 219 Å². The lowest BCUT2D eigenvalue weighted by Crippen LogP contribution is -1.98. The molecule has 2 nitrogen and oxygen atoms in total. The van der Waals surface area contributed by atoms with Crippen molar-refractivity contribution in [2.24, 2.45) is 0 Å². The van der Waals surface area contributed by atoms with Crippen LogP contribution in [-0.4, -0.2) is 9.55 Å². The van der Waals surface area contributed by atoms with E-state index < -0.39 is 0 Å². The molecular formula is C57H36N2. The summed E-state index contributed by atoms with van der Waals surface area (Å²) >= 11 is 0. The number of hydrogen-bond acceptors (Lipinski definition) is 1. The predicted octanol–water partition coefficient (Wildman–Crippen LogP) is 15.5. The molecule has 0 saturated carbocycles. The lowest BCUT2D eigenvalue weighted by molar-refractivity contribution is 1.18. The summed E-state index contributed by atoms with van der Waals surface area (Å²) in [6.45, 7) is 0. The van der Waals surface area contributed by atoms with Crippen LogP contribution in [0.5, 0.6) is 0 Å². The van der Waals surface area contributed by atoms with Crippen molar-refractivity contribution >= 4 is 65.0 Å². The molecule has 0 amide bonds. The van der Waals surface area contributed by atoms with Crippen molar-refractivity contribution in [3.8, 4) is 50.2 Å². The summed E-state index contributed by atoms with van der Waals surface area (Å²) in [5, 5.41) is 11.1. The van der Waals surface area contributed by atoms with Crippen LogP contribution in [0.3, 0.4) is 0 Å². The Balaban J connectivity index is 1.14. The minimum Gasteiger partial charge on any atom is -0.307 e. The summed E-state index contributed by atoms with van der Waals surface area (Å²) < 4.78 is 2.38. The largest absolute Gasteiger partial charge is 0.307 e. The second-order valence-electron chi connectivity index (χ2n) is 15.5. The molecule has 2 aromatic heterocycles. The van der Waals surface area contributed by atoms with Crippen molar-refractivity contribution < 1.29 is 0 Å². The molecule has 0 spiro atoms. The first kappa shape index (κ1) is 33.3. The highest BCUT2D eigenvalue weighted by Crippen LogP contribution is 2.47. The number of nitrogens with zero attached hydrogens (tertiary/aromatic N) is 2. The summed E-state index contributed by atoms with van der Waals surface area (Å²) in [7, 11) is 0. The Hall–Kier alpha value is -7.81. The van der Waals surface area contributed by atoms with Gasteiger partial charge in [0.1, 0.15) is 0 Å². The molecule has 59 heavy (non-hydrogen) atoms. The highest BCUT2D eigenvalue weighted by atomic mass is 15.0. The van der Waals surface area contributed by atoms with Crippen LogP contribution < -0.4 is 0 Å². The van der Waals surface area contributed by atoms with E-state index in [0.717, 1.165) is 27.6 Å². The smallest absolute Gasteiger partial charge is 0.0963 e. The maximum absolute atomic E-state index is 4.85. The Kier molecular flexibility index (Phi) is 7.57. The zero-order chi connectivity index (χ0) is 38.9. The summed E-state index contributed by atoms with van der Waals surface area (Å²) in [5.74, 6) is 0. The van der Waals surface area contributed by atoms with Gasteiger partial charge in [-0.3, -0.25) is 4.98 Å². The van der Waals surface area contributed by atoms with Gasteiger partial charge in [-0.15, -0.1) is 0 Å². The lowest BCUT2D eigenvalue weighted by atomic mass is 9.83. The van der Waals surface area contributed by atoms with Crippen molar-refractivity contribution in [2.75, 3.05) is 0 Å². The maximum atomic E-state index is 4.85. The van der Waals surface area contributed by atoms with Gasteiger partial charge in [-0.1, -0.05) is 170 Å². The second kappa shape index (κ2) is 13.4.